The SMILES string of the molecule is O=C(Oc1ccc(N2C(=O)[C@@H]3[C@H]4C=C[C@@H]([C@@H]5C[C@H]45)[C@@H]3C2=O)cc1)[C@@H]1CC(=O)N(c2cccc(Cl)c2)C1. The van der Waals surface area contributed by atoms with E-state index >= 15 is 0 Å². The van der Waals surface area contributed by atoms with Gasteiger partial charge in [-0.1, -0.05) is 29.8 Å². The lowest BCUT2D eigenvalue weighted by Crippen LogP contribution is -2.40. The van der Waals surface area contributed by atoms with E-state index < -0.39 is 11.9 Å². The number of benzene rings is 2. The standard InChI is InChI=1S/C28H23ClN2O5/c29-15-2-1-3-17(11-15)30-13-14(10-23(30)32)28(35)36-18-6-4-16(5-7-18)31-26(33)24-19-8-9-20(22-12-21(19)22)25(24)27(31)34/h1-9,11,14,19-22,24-25H,10,12-13H2/t14-,19+,20+,21-,22+,24-,25+/m1/s1. The maximum Gasteiger partial charge on any atom is 0.316 e. The van der Waals surface area contributed by atoms with Gasteiger partial charge in [-0.2, -0.15) is 0 Å². The maximum absolute atomic E-state index is 13.3. The Kier molecular flexibility index (Phi) is 4.71. The Bertz CT molecular complexity index is 1320. The summed E-state index contributed by atoms with van der Waals surface area (Å²) in [5.41, 5.74) is 1.14. The first-order chi connectivity index (χ1) is 17.4. The highest BCUT2D eigenvalue weighted by molar-refractivity contribution is 6.31. The average Bonchev–Trinajstić information content (AvgIpc) is 3.55. The zero-order valence-corrected chi connectivity index (χ0v) is 20.0. The summed E-state index contributed by atoms with van der Waals surface area (Å²) in [6, 6.07) is 13.4. The molecule has 0 unspecified atom stereocenters. The Labute approximate surface area is 212 Å². The minimum absolute atomic E-state index is 0.0569. The van der Waals surface area contributed by atoms with Gasteiger partial charge < -0.3 is 9.64 Å². The van der Waals surface area contributed by atoms with E-state index in [0.717, 1.165) is 6.42 Å². The van der Waals surface area contributed by atoms with Crippen LogP contribution in [0.2, 0.25) is 5.02 Å². The van der Waals surface area contributed by atoms with Crippen molar-refractivity contribution >= 4 is 46.7 Å². The molecular weight excluding hydrogens is 480 g/mol. The molecule has 2 saturated heterocycles. The van der Waals surface area contributed by atoms with E-state index in [1.165, 1.54) is 9.80 Å². The van der Waals surface area contributed by atoms with Crippen molar-refractivity contribution in [2.24, 2.45) is 41.4 Å². The van der Waals surface area contributed by atoms with E-state index in [1.807, 2.05) is 0 Å². The Morgan fingerprint density at radius 1 is 0.889 bits per heavy atom. The molecule has 182 valence electrons. The molecule has 36 heavy (non-hydrogen) atoms. The molecule has 0 spiro atoms. The molecule has 2 bridgehead atoms. The Hall–Kier alpha value is -3.45. The van der Waals surface area contributed by atoms with E-state index in [1.54, 1.807) is 48.5 Å². The van der Waals surface area contributed by atoms with Gasteiger partial charge in [0.25, 0.3) is 0 Å². The van der Waals surface area contributed by atoms with Crippen molar-refractivity contribution in [1.29, 1.82) is 0 Å². The number of hydrogen-bond donors (Lipinski definition) is 0. The molecule has 0 N–H and O–H groups in total. The molecular formula is C28H23ClN2O5. The van der Waals surface area contributed by atoms with E-state index in [4.69, 9.17) is 16.3 Å². The molecule has 2 saturated carbocycles. The number of imide groups is 1. The van der Waals surface area contributed by atoms with Crippen molar-refractivity contribution < 1.29 is 23.9 Å². The van der Waals surface area contributed by atoms with E-state index in [2.05, 4.69) is 12.2 Å². The summed E-state index contributed by atoms with van der Waals surface area (Å²) >= 11 is 6.04. The second kappa shape index (κ2) is 7.77. The first-order valence-corrected chi connectivity index (χ1v) is 12.7. The number of esters is 1. The number of ether oxygens (including phenoxy) is 1. The summed E-state index contributed by atoms with van der Waals surface area (Å²) in [6.45, 7) is 0.216. The minimum Gasteiger partial charge on any atom is -0.426 e. The van der Waals surface area contributed by atoms with Crippen molar-refractivity contribution in [3.05, 3.63) is 65.7 Å². The van der Waals surface area contributed by atoms with Gasteiger partial charge >= 0.3 is 5.97 Å². The third-order valence-corrected chi connectivity index (χ3v) is 8.79. The monoisotopic (exact) mass is 502 g/mol. The molecule has 0 radical (unpaired) electrons. The van der Waals surface area contributed by atoms with Crippen LogP contribution in [0.4, 0.5) is 11.4 Å². The molecule has 0 aromatic heterocycles. The van der Waals surface area contributed by atoms with Crippen LogP contribution >= 0.6 is 11.6 Å². The number of carbonyl (C=O) groups excluding carboxylic acids is 4. The lowest BCUT2D eigenvalue weighted by molar-refractivity contribution is -0.139. The largest absolute Gasteiger partial charge is 0.426 e. The molecule has 8 heteroatoms. The zero-order chi connectivity index (χ0) is 24.7. The molecule has 8 rings (SSSR count). The summed E-state index contributed by atoms with van der Waals surface area (Å²) in [5.74, 6) is -0.256. The summed E-state index contributed by atoms with van der Waals surface area (Å²) in [4.78, 5) is 54.7. The summed E-state index contributed by atoms with van der Waals surface area (Å²) in [7, 11) is 0. The van der Waals surface area contributed by atoms with Crippen LogP contribution in [0, 0.1) is 41.4 Å². The third kappa shape index (κ3) is 3.18. The Morgan fingerprint density at radius 2 is 1.56 bits per heavy atom. The van der Waals surface area contributed by atoms with Crippen LogP contribution in [0.1, 0.15) is 12.8 Å². The predicted molar refractivity (Wildman–Crippen MR) is 131 cm³/mol. The highest BCUT2D eigenvalue weighted by Gasteiger charge is 2.67. The molecule has 2 aromatic carbocycles. The van der Waals surface area contributed by atoms with Crippen LogP contribution in [0.3, 0.4) is 0 Å². The first kappa shape index (κ1) is 21.8. The smallest absolute Gasteiger partial charge is 0.316 e. The van der Waals surface area contributed by atoms with Crippen molar-refractivity contribution in [3.8, 4) is 5.75 Å². The van der Waals surface area contributed by atoms with Gasteiger partial charge in [0, 0.05) is 23.7 Å². The fourth-order valence-corrected chi connectivity index (χ4v) is 7.02. The summed E-state index contributed by atoms with van der Waals surface area (Å²) < 4.78 is 5.54. The molecule has 2 heterocycles. The number of allylic oxidation sites excluding steroid dienone is 2. The number of rotatable bonds is 4. The van der Waals surface area contributed by atoms with Crippen LogP contribution in [-0.4, -0.2) is 30.2 Å². The van der Waals surface area contributed by atoms with Crippen LogP contribution in [0.25, 0.3) is 0 Å². The van der Waals surface area contributed by atoms with Crippen molar-refractivity contribution in [2.45, 2.75) is 12.8 Å². The van der Waals surface area contributed by atoms with Crippen molar-refractivity contribution in [1.82, 2.24) is 0 Å². The molecule has 3 amide bonds. The molecule has 7 nitrogen and oxygen atoms in total. The topological polar surface area (TPSA) is 84.0 Å². The highest BCUT2D eigenvalue weighted by Crippen LogP contribution is 2.65. The van der Waals surface area contributed by atoms with Crippen molar-refractivity contribution in [2.75, 3.05) is 16.3 Å². The number of hydrogen-bond acceptors (Lipinski definition) is 5. The molecule has 7 atom stereocenters. The zero-order valence-electron chi connectivity index (χ0n) is 19.2. The van der Waals surface area contributed by atoms with Crippen LogP contribution in [0.15, 0.2) is 60.7 Å². The van der Waals surface area contributed by atoms with Gasteiger partial charge in [-0.15, -0.1) is 0 Å². The first-order valence-electron chi connectivity index (χ1n) is 12.3. The second-order valence-corrected chi connectivity index (χ2v) is 10.9. The van der Waals surface area contributed by atoms with E-state index in [9.17, 15) is 19.2 Å². The lowest BCUT2D eigenvalue weighted by Gasteiger charge is -2.37. The Morgan fingerprint density at radius 3 is 2.19 bits per heavy atom. The van der Waals surface area contributed by atoms with Gasteiger partial charge in [-0.3, -0.25) is 24.1 Å². The van der Waals surface area contributed by atoms with E-state index in [0.29, 0.717) is 34.0 Å². The molecule has 4 fully saturated rings. The summed E-state index contributed by atoms with van der Waals surface area (Å²) in [6.07, 6.45) is 5.48. The van der Waals surface area contributed by atoms with Crippen LogP contribution < -0.4 is 14.5 Å². The summed E-state index contributed by atoms with van der Waals surface area (Å²) in [5, 5.41) is 0.515. The molecule has 6 aliphatic rings. The fraction of sp³-hybridized carbons (Fsp3) is 0.357. The van der Waals surface area contributed by atoms with Gasteiger partial charge in [0.2, 0.25) is 17.7 Å². The minimum atomic E-state index is -0.601. The predicted octanol–water partition coefficient (Wildman–Crippen LogP) is 3.86. The van der Waals surface area contributed by atoms with Crippen LogP contribution in [0.5, 0.6) is 5.75 Å². The third-order valence-electron chi connectivity index (χ3n) is 8.55. The number of nitrogens with zero attached hydrogens (tertiary/aromatic N) is 2. The maximum atomic E-state index is 13.3. The van der Waals surface area contributed by atoms with Gasteiger partial charge in [0.1, 0.15) is 5.75 Å². The normalized spacial score (nSPS) is 33.7. The second-order valence-electron chi connectivity index (χ2n) is 10.5. The van der Waals surface area contributed by atoms with E-state index in [-0.39, 0.29) is 54.4 Å². The highest BCUT2D eigenvalue weighted by atomic mass is 35.5. The van der Waals surface area contributed by atoms with Gasteiger partial charge in [0.15, 0.2) is 0 Å². The van der Waals surface area contributed by atoms with Crippen molar-refractivity contribution in [3.63, 3.8) is 0 Å². The quantitative estimate of drug-likeness (QED) is 0.274. The lowest BCUT2D eigenvalue weighted by atomic mass is 9.63. The number of amides is 3. The fourth-order valence-electron chi connectivity index (χ4n) is 6.83. The number of anilines is 2. The average molecular weight is 503 g/mol. The van der Waals surface area contributed by atoms with Gasteiger partial charge in [0.05, 0.1) is 23.4 Å². The van der Waals surface area contributed by atoms with Gasteiger partial charge in [-0.05, 0) is 72.6 Å². The van der Waals surface area contributed by atoms with Crippen LogP contribution in [-0.2, 0) is 19.2 Å². The molecule has 4 aliphatic carbocycles. The number of carbonyl (C=O) groups is 4. The number of halogens is 1. The Balaban J connectivity index is 1.04. The molecule has 2 aliphatic heterocycles. The van der Waals surface area contributed by atoms with Gasteiger partial charge in [-0.25, -0.2) is 0 Å². The molecule has 2 aromatic rings.